The zero-order chi connectivity index (χ0) is 19.3. The number of aromatic nitrogens is 4. The molecule has 5 heteroatoms. The molecule has 1 aliphatic carbocycles. The summed E-state index contributed by atoms with van der Waals surface area (Å²) in [6, 6.07) is 9.45. The Morgan fingerprint density at radius 1 is 1.00 bits per heavy atom. The van der Waals surface area contributed by atoms with Crippen LogP contribution >= 0.6 is 0 Å². The van der Waals surface area contributed by atoms with Crippen molar-refractivity contribution in [1.29, 1.82) is 0 Å². The number of nitrogens with zero attached hydrogens (tertiary/aromatic N) is 4. The van der Waals surface area contributed by atoms with Gasteiger partial charge in [0.15, 0.2) is 0 Å². The smallest absolute Gasteiger partial charge is 0.133 e. The second-order valence-electron chi connectivity index (χ2n) is 7.63. The van der Waals surface area contributed by atoms with Crippen LogP contribution < -0.4 is 0 Å². The summed E-state index contributed by atoms with van der Waals surface area (Å²) in [4.78, 5) is 0. The third kappa shape index (κ3) is 2.87. The Morgan fingerprint density at radius 2 is 1.86 bits per heavy atom. The molecular formula is C23H21FN4. The van der Waals surface area contributed by atoms with Gasteiger partial charge >= 0.3 is 0 Å². The first-order chi connectivity index (χ1) is 13.6. The molecule has 0 atom stereocenters. The third-order valence-electron chi connectivity index (χ3n) is 5.52. The fourth-order valence-electron chi connectivity index (χ4n) is 4.09. The summed E-state index contributed by atoms with van der Waals surface area (Å²) in [7, 11) is 1.91. The van der Waals surface area contributed by atoms with Crippen molar-refractivity contribution in [2.45, 2.75) is 32.6 Å². The lowest BCUT2D eigenvalue weighted by Gasteiger charge is -2.12. The highest BCUT2D eigenvalue weighted by Crippen LogP contribution is 2.32. The molecule has 0 bridgehead atoms. The Labute approximate surface area is 162 Å². The summed E-state index contributed by atoms with van der Waals surface area (Å²) in [5.41, 5.74) is 6.36. The quantitative estimate of drug-likeness (QED) is 0.461. The summed E-state index contributed by atoms with van der Waals surface area (Å²) in [6.07, 6.45) is 8.60. The highest BCUT2D eigenvalue weighted by atomic mass is 19.1. The minimum atomic E-state index is -0.260. The predicted octanol–water partition coefficient (Wildman–Crippen LogP) is 5.59. The van der Waals surface area contributed by atoms with E-state index in [0.717, 1.165) is 52.5 Å². The first-order valence-electron chi connectivity index (χ1n) is 9.69. The fourth-order valence-corrected chi connectivity index (χ4v) is 4.09. The van der Waals surface area contributed by atoms with Gasteiger partial charge in [0.25, 0.3) is 0 Å². The highest BCUT2D eigenvalue weighted by Gasteiger charge is 2.14. The standard InChI is InChI=1S/C23H21FN4/c1-14-8-16(9-18-13-28(2)27-23(14)18)17-10-20(24)19-12-21(25-26-22(19)11-17)15-6-4-3-5-7-15/h6,8-13H,3-5,7H2,1-2H3. The van der Waals surface area contributed by atoms with E-state index < -0.39 is 0 Å². The summed E-state index contributed by atoms with van der Waals surface area (Å²) < 4.78 is 16.8. The number of allylic oxidation sites excluding steroid dienone is 2. The topological polar surface area (TPSA) is 43.6 Å². The van der Waals surface area contributed by atoms with Crippen LogP contribution in [0.2, 0.25) is 0 Å². The van der Waals surface area contributed by atoms with Gasteiger partial charge in [-0.3, -0.25) is 4.68 Å². The monoisotopic (exact) mass is 372 g/mol. The molecule has 140 valence electrons. The van der Waals surface area contributed by atoms with Crippen molar-refractivity contribution in [3.8, 4) is 11.1 Å². The maximum absolute atomic E-state index is 15.0. The van der Waals surface area contributed by atoms with Crippen molar-refractivity contribution in [2.75, 3.05) is 0 Å². The van der Waals surface area contributed by atoms with E-state index in [9.17, 15) is 4.39 Å². The molecule has 4 nitrogen and oxygen atoms in total. The molecule has 0 unspecified atom stereocenters. The molecule has 1 aliphatic rings. The molecule has 0 radical (unpaired) electrons. The van der Waals surface area contributed by atoms with E-state index in [1.54, 1.807) is 10.7 Å². The van der Waals surface area contributed by atoms with Gasteiger partial charge in [-0.1, -0.05) is 6.08 Å². The Kier molecular flexibility index (Phi) is 3.97. The molecule has 28 heavy (non-hydrogen) atoms. The Bertz CT molecular complexity index is 1250. The lowest BCUT2D eigenvalue weighted by Crippen LogP contribution is -1.98. The molecule has 0 amide bonds. The van der Waals surface area contributed by atoms with Crippen molar-refractivity contribution in [3.05, 3.63) is 59.7 Å². The molecule has 0 fully saturated rings. The van der Waals surface area contributed by atoms with E-state index in [-0.39, 0.29) is 5.82 Å². The van der Waals surface area contributed by atoms with Crippen LogP contribution in [0.3, 0.4) is 0 Å². The van der Waals surface area contributed by atoms with Crippen LogP contribution in [-0.4, -0.2) is 20.0 Å². The SMILES string of the molecule is Cc1cc(-c2cc(F)c3cc(C4=CCCCC4)nnc3c2)cc2cn(C)nc12. The van der Waals surface area contributed by atoms with Gasteiger partial charge in [-0.15, -0.1) is 5.10 Å². The molecule has 0 aliphatic heterocycles. The van der Waals surface area contributed by atoms with Gasteiger partial charge < -0.3 is 0 Å². The van der Waals surface area contributed by atoms with Crippen LogP contribution in [0.5, 0.6) is 0 Å². The van der Waals surface area contributed by atoms with Crippen molar-refractivity contribution in [2.24, 2.45) is 7.05 Å². The molecule has 0 saturated heterocycles. The number of fused-ring (bicyclic) bond motifs is 2. The van der Waals surface area contributed by atoms with E-state index in [4.69, 9.17) is 0 Å². The second-order valence-corrected chi connectivity index (χ2v) is 7.63. The van der Waals surface area contributed by atoms with Crippen molar-refractivity contribution < 1.29 is 4.39 Å². The summed E-state index contributed by atoms with van der Waals surface area (Å²) in [6.45, 7) is 2.03. The van der Waals surface area contributed by atoms with E-state index in [2.05, 4.69) is 21.4 Å². The maximum atomic E-state index is 15.0. The fraction of sp³-hybridized carbons (Fsp3) is 0.261. The largest absolute Gasteiger partial charge is 0.275 e. The average molecular weight is 372 g/mol. The van der Waals surface area contributed by atoms with Gasteiger partial charge in [0.05, 0.1) is 16.7 Å². The minimum absolute atomic E-state index is 0.260. The molecule has 0 spiro atoms. The number of aryl methyl sites for hydroxylation is 2. The molecule has 0 N–H and O–H groups in total. The van der Waals surface area contributed by atoms with Crippen LogP contribution in [0.4, 0.5) is 4.39 Å². The molecule has 2 aromatic heterocycles. The van der Waals surface area contributed by atoms with Crippen LogP contribution in [-0.2, 0) is 7.05 Å². The molecule has 2 heterocycles. The molecule has 2 aromatic carbocycles. The first kappa shape index (κ1) is 17.0. The normalized spacial score (nSPS) is 14.6. The first-order valence-corrected chi connectivity index (χ1v) is 9.69. The maximum Gasteiger partial charge on any atom is 0.133 e. The molecule has 4 aromatic rings. The van der Waals surface area contributed by atoms with Crippen LogP contribution in [0.25, 0.3) is 38.5 Å². The Hall–Kier alpha value is -3.08. The molecule has 0 saturated carbocycles. The number of hydrogen-bond donors (Lipinski definition) is 0. The predicted molar refractivity (Wildman–Crippen MR) is 110 cm³/mol. The van der Waals surface area contributed by atoms with E-state index in [0.29, 0.717) is 10.9 Å². The minimum Gasteiger partial charge on any atom is -0.275 e. The average Bonchev–Trinajstić information content (AvgIpc) is 3.09. The molecule has 5 rings (SSSR count). The number of rotatable bonds is 2. The zero-order valence-corrected chi connectivity index (χ0v) is 16.0. The Morgan fingerprint density at radius 3 is 2.68 bits per heavy atom. The van der Waals surface area contributed by atoms with Gasteiger partial charge in [-0.2, -0.15) is 10.2 Å². The van der Waals surface area contributed by atoms with Gasteiger partial charge in [-0.05, 0) is 85.2 Å². The van der Waals surface area contributed by atoms with E-state index >= 15 is 0 Å². The van der Waals surface area contributed by atoms with Gasteiger partial charge in [0, 0.05) is 24.0 Å². The van der Waals surface area contributed by atoms with Crippen molar-refractivity contribution >= 4 is 27.4 Å². The van der Waals surface area contributed by atoms with Gasteiger partial charge in [-0.25, -0.2) is 4.39 Å². The second kappa shape index (κ2) is 6.51. The molecular weight excluding hydrogens is 351 g/mol. The number of hydrogen-bond acceptors (Lipinski definition) is 3. The van der Waals surface area contributed by atoms with Crippen molar-refractivity contribution in [1.82, 2.24) is 20.0 Å². The van der Waals surface area contributed by atoms with E-state index in [1.807, 2.05) is 44.4 Å². The van der Waals surface area contributed by atoms with E-state index in [1.165, 1.54) is 12.0 Å². The number of halogens is 1. The lowest BCUT2D eigenvalue weighted by molar-refractivity contribution is 0.639. The number of benzene rings is 2. The third-order valence-corrected chi connectivity index (χ3v) is 5.52. The van der Waals surface area contributed by atoms with Gasteiger partial charge in [0.2, 0.25) is 0 Å². The van der Waals surface area contributed by atoms with Gasteiger partial charge in [0.1, 0.15) is 5.82 Å². The van der Waals surface area contributed by atoms with Crippen LogP contribution in [0.1, 0.15) is 36.9 Å². The summed E-state index contributed by atoms with van der Waals surface area (Å²) in [5.74, 6) is -0.260. The summed E-state index contributed by atoms with van der Waals surface area (Å²) in [5, 5.41) is 14.8. The van der Waals surface area contributed by atoms with Crippen LogP contribution in [0, 0.1) is 12.7 Å². The van der Waals surface area contributed by atoms with Crippen LogP contribution in [0.15, 0.2) is 42.6 Å². The van der Waals surface area contributed by atoms with Crippen molar-refractivity contribution in [3.63, 3.8) is 0 Å². The highest BCUT2D eigenvalue weighted by molar-refractivity contribution is 5.90. The summed E-state index contributed by atoms with van der Waals surface area (Å²) >= 11 is 0. The zero-order valence-electron chi connectivity index (χ0n) is 16.0. The lowest BCUT2D eigenvalue weighted by atomic mass is 9.96. The Balaban J connectivity index is 1.62.